The van der Waals surface area contributed by atoms with Gasteiger partial charge in [-0.3, -0.25) is 0 Å². The zero-order valence-electron chi connectivity index (χ0n) is 13.3. The zero-order chi connectivity index (χ0) is 15.9. The Labute approximate surface area is 143 Å². The maximum Gasteiger partial charge on any atom is 0.395 e. The second kappa shape index (κ2) is 5.34. The lowest BCUT2D eigenvalue weighted by atomic mass is 9.44. The number of hydrogen-bond donors (Lipinski definition) is 0. The maximum atomic E-state index is 2.43. The SMILES string of the molecule is C1=CB2c3ccccc3-c3ccccc3N3C=CC=CB3N2C=C1. The molecule has 24 heavy (non-hydrogen) atoms. The number of benzene rings is 2. The first-order chi connectivity index (χ1) is 11.9. The van der Waals surface area contributed by atoms with E-state index in [1.807, 2.05) is 0 Å². The molecule has 0 saturated heterocycles. The lowest BCUT2D eigenvalue weighted by Gasteiger charge is -2.42. The highest BCUT2D eigenvalue weighted by Crippen LogP contribution is 2.35. The summed E-state index contributed by atoms with van der Waals surface area (Å²) in [5.74, 6) is 4.55. The number of fused-ring (bicyclic) bond motifs is 8. The molecule has 112 valence electrons. The van der Waals surface area contributed by atoms with Crippen LogP contribution in [0.2, 0.25) is 0 Å². The quantitative estimate of drug-likeness (QED) is 0.688. The Bertz CT molecular complexity index is 838. The minimum atomic E-state index is 0.177. The molecule has 0 aliphatic carbocycles. The van der Waals surface area contributed by atoms with Crippen LogP contribution in [0.15, 0.2) is 97.2 Å². The molecule has 0 unspecified atom stereocenters. The van der Waals surface area contributed by atoms with Gasteiger partial charge in [-0.2, -0.15) is 0 Å². The van der Waals surface area contributed by atoms with E-state index in [9.17, 15) is 0 Å². The summed E-state index contributed by atoms with van der Waals surface area (Å²) >= 11 is 0. The standard InChI is InChI=1S/C20H16B2N2/c1-3-11-19-17(9-1)18-10-2-4-12-20(18)23-15-7-6-14-22(23)24-16-8-5-13-21(19)24/h1-16H. The van der Waals surface area contributed by atoms with E-state index in [1.165, 1.54) is 22.3 Å². The normalized spacial score (nSPS) is 17.0. The Hall–Kier alpha value is -2.87. The number of allylic oxidation sites excluding steroid dienone is 4. The van der Waals surface area contributed by atoms with Crippen molar-refractivity contribution in [3.8, 4) is 11.1 Å². The Morgan fingerprint density at radius 3 is 2.38 bits per heavy atom. The molecule has 4 heteroatoms. The van der Waals surface area contributed by atoms with Crippen LogP contribution in [0.3, 0.4) is 0 Å². The largest absolute Gasteiger partial charge is 0.437 e. The Balaban J connectivity index is 1.83. The molecule has 0 N–H and O–H groups in total. The topological polar surface area (TPSA) is 6.48 Å². The lowest BCUT2D eigenvalue weighted by molar-refractivity contribution is 0.886. The molecule has 3 aliphatic heterocycles. The number of rotatable bonds is 0. The van der Waals surface area contributed by atoms with Gasteiger partial charge in [-0.05, 0) is 41.6 Å². The summed E-state index contributed by atoms with van der Waals surface area (Å²) in [5, 5.41) is 0. The number of anilines is 1. The average molecular weight is 306 g/mol. The van der Waals surface area contributed by atoms with Crippen LogP contribution in [0.1, 0.15) is 0 Å². The van der Waals surface area contributed by atoms with Gasteiger partial charge in [-0.15, -0.1) is 0 Å². The first kappa shape index (κ1) is 13.6. The molecule has 2 aromatic rings. The Kier molecular flexibility index (Phi) is 3.02. The van der Waals surface area contributed by atoms with Crippen LogP contribution >= 0.6 is 0 Å². The highest BCUT2D eigenvalue weighted by molar-refractivity contribution is 6.88. The van der Waals surface area contributed by atoms with E-state index in [0.717, 1.165) is 0 Å². The van der Waals surface area contributed by atoms with E-state index in [0.29, 0.717) is 0 Å². The summed E-state index contributed by atoms with van der Waals surface area (Å²) in [6.07, 6.45) is 12.9. The van der Waals surface area contributed by atoms with Gasteiger partial charge in [0, 0.05) is 11.3 Å². The number of hydrogen-bond acceptors (Lipinski definition) is 2. The van der Waals surface area contributed by atoms with Gasteiger partial charge in [0.25, 0.3) is 0 Å². The monoisotopic (exact) mass is 306 g/mol. The van der Waals surface area contributed by atoms with Gasteiger partial charge in [0.15, 0.2) is 0 Å². The molecular formula is C20H16B2N2. The first-order valence-corrected chi connectivity index (χ1v) is 8.37. The van der Waals surface area contributed by atoms with Crippen LogP contribution in [0.5, 0.6) is 0 Å². The van der Waals surface area contributed by atoms with Crippen LogP contribution in [0.25, 0.3) is 11.1 Å². The van der Waals surface area contributed by atoms with Crippen LogP contribution < -0.4 is 10.3 Å². The fraction of sp³-hybridized carbons (Fsp3) is 0. The van der Waals surface area contributed by atoms with Crippen molar-refractivity contribution in [1.82, 2.24) is 4.72 Å². The van der Waals surface area contributed by atoms with E-state index in [4.69, 9.17) is 0 Å². The highest BCUT2D eigenvalue weighted by atomic mass is 15.2. The van der Waals surface area contributed by atoms with Crippen molar-refractivity contribution in [2.45, 2.75) is 0 Å². The molecule has 0 aromatic heterocycles. The molecule has 0 saturated carbocycles. The molecule has 0 amide bonds. The zero-order valence-corrected chi connectivity index (χ0v) is 13.3. The molecule has 0 fully saturated rings. The average Bonchev–Trinajstić information content (AvgIpc) is 2.67. The highest BCUT2D eigenvalue weighted by Gasteiger charge is 2.38. The molecule has 5 rings (SSSR count). The second-order valence-electron chi connectivity index (χ2n) is 6.27. The minimum absolute atomic E-state index is 0.177. The maximum absolute atomic E-state index is 2.43. The van der Waals surface area contributed by atoms with Crippen molar-refractivity contribution < 1.29 is 0 Å². The lowest BCUT2D eigenvalue weighted by Crippen LogP contribution is -2.59. The van der Waals surface area contributed by atoms with Gasteiger partial charge in [0.2, 0.25) is 0 Å². The van der Waals surface area contributed by atoms with Crippen LogP contribution in [0, 0.1) is 0 Å². The third-order valence-electron chi connectivity index (χ3n) is 4.97. The Morgan fingerprint density at radius 2 is 1.42 bits per heavy atom. The van der Waals surface area contributed by atoms with Crippen LogP contribution in [-0.2, 0) is 0 Å². The number of nitrogens with zero attached hydrogens (tertiary/aromatic N) is 2. The molecule has 2 nitrogen and oxygen atoms in total. The van der Waals surface area contributed by atoms with Gasteiger partial charge in [-0.1, -0.05) is 66.6 Å². The predicted molar refractivity (Wildman–Crippen MR) is 104 cm³/mol. The van der Waals surface area contributed by atoms with E-state index < -0.39 is 0 Å². The summed E-state index contributed by atoms with van der Waals surface area (Å²) in [4.78, 5) is 2.36. The molecule has 3 aliphatic rings. The fourth-order valence-electron chi connectivity index (χ4n) is 3.91. The first-order valence-electron chi connectivity index (χ1n) is 8.37. The molecule has 0 bridgehead atoms. The summed E-state index contributed by atoms with van der Waals surface area (Å²) in [7, 11) is 0. The molecule has 3 heterocycles. The second-order valence-corrected chi connectivity index (χ2v) is 6.27. The Morgan fingerprint density at radius 1 is 0.667 bits per heavy atom. The van der Waals surface area contributed by atoms with Crippen molar-refractivity contribution in [2.75, 3.05) is 4.81 Å². The summed E-state index contributed by atoms with van der Waals surface area (Å²) < 4.78 is 2.43. The van der Waals surface area contributed by atoms with Crippen molar-refractivity contribution in [2.24, 2.45) is 0 Å². The fourth-order valence-corrected chi connectivity index (χ4v) is 3.91. The van der Waals surface area contributed by atoms with Crippen LogP contribution in [0.4, 0.5) is 5.69 Å². The van der Waals surface area contributed by atoms with Gasteiger partial charge in [0.05, 0.1) is 0 Å². The van der Waals surface area contributed by atoms with Gasteiger partial charge in [-0.25, -0.2) is 0 Å². The van der Waals surface area contributed by atoms with E-state index >= 15 is 0 Å². The van der Waals surface area contributed by atoms with Gasteiger partial charge in [0.1, 0.15) is 0 Å². The van der Waals surface area contributed by atoms with Crippen molar-refractivity contribution in [3.63, 3.8) is 0 Å². The van der Waals surface area contributed by atoms with E-state index in [1.54, 1.807) is 0 Å². The van der Waals surface area contributed by atoms with E-state index in [-0.39, 0.29) is 13.8 Å². The molecule has 0 radical (unpaired) electrons. The number of para-hydroxylation sites is 1. The smallest absolute Gasteiger partial charge is 0.395 e. The van der Waals surface area contributed by atoms with Crippen molar-refractivity contribution >= 4 is 25.0 Å². The minimum Gasteiger partial charge on any atom is -0.437 e. The van der Waals surface area contributed by atoms with E-state index in [2.05, 4.69) is 107 Å². The third kappa shape index (κ3) is 1.93. The molecule has 0 atom stereocenters. The molecular weight excluding hydrogens is 290 g/mol. The summed E-state index contributed by atoms with van der Waals surface area (Å²) in [6, 6.07) is 17.5. The van der Waals surface area contributed by atoms with Gasteiger partial charge < -0.3 is 9.53 Å². The van der Waals surface area contributed by atoms with Gasteiger partial charge >= 0.3 is 13.8 Å². The summed E-state index contributed by atoms with van der Waals surface area (Å²) in [5.41, 5.74) is 5.20. The molecule has 0 spiro atoms. The van der Waals surface area contributed by atoms with Crippen LogP contribution in [-0.4, -0.2) is 18.6 Å². The predicted octanol–water partition coefficient (Wildman–Crippen LogP) is 3.41. The van der Waals surface area contributed by atoms with Crippen molar-refractivity contribution in [1.29, 1.82) is 0 Å². The summed E-state index contributed by atoms with van der Waals surface area (Å²) in [6.45, 7) is 0.416. The molecule has 2 aromatic carbocycles. The van der Waals surface area contributed by atoms with Crippen molar-refractivity contribution in [3.05, 3.63) is 97.2 Å². The third-order valence-corrected chi connectivity index (χ3v) is 4.97.